The number of nitrogens with zero attached hydrogens (tertiary/aromatic N) is 2. The summed E-state index contributed by atoms with van der Waals surface area (Å²) in [5.74, 6) is 0.427. The molecule has 1 saturated heterocycles. The second-order valence-electron chi connectivity index (χ2n) is 7.57. The van der Waals surface area contributed by atoms with Crippen molar-refractivity contribution in [2.45, 2.75) is 32.6 Å². The first-order valence-corrected chi connectivity index (χ1v) is 9.81. The van der Waals surface area contributed by atoms with Gasteiger partial charge in [-0.25, -0.2) is 0 Å². The van der Waals surface area contributed by atoms with Crippen LogP contribution in [0, 0.1) is 23.7 Å². The lowest BCUT2D eigenvalue weighted by Crippen LogP contribution is -2.38. The van der Waals surface area contributed by atoms with Crippen LogP contribution in [0.15, 0.2) is 48.2 Å². The van der Waals surface area contributed by atoms with E-state index in [4.69, 9.17) is 16.4 Å². The quantitative estimate of drug-likeness (QED) is 0.770. The van der Waals surface area contributed by atoms with Crippen LogP contribution in [0.25, 0.3) is 5.57 Å². The second kappa shape index (κ2) is 8.74. The van der Waals surface area contributed by atoms with Crippen molar-refractivity contribution in [3.05, 3.63) is 76.0 Å². The lowest BCUT2D eigenvalue weighted by molar-refractivity contribution is 0.0713. The second-order valence-corrected chi connectivity index (χ2v) is 7.57. The van der Waals surface area contributed by atoms with E-state index in [1.165, 1.54) is 11.8 Å². The van der Waals surface area contributed by atoms with E-state index >= 15 is 0 Å². The maximum Gasteiger partial charge on any atom is 0.253 e. The van der Waals surface area contributed by atoms with E-state index in [9.17, 15) is 4.79 Å². The first-order valence-electron chi connectivity index (χ1n) is 9.81. The third kappa shape index (κ3) is 4.38. The molecule has 5 heteroatoms. The standard InChI is InChI=1S/C24H26N4O/c1-16-3-6-21(13-22(16)23(15-26)17(2)27)24(29)28-11-9-20(10-12-28)19-7-4-18(14-25)5-8-19/h3-8,13,15,20,26H,9-12,27H2,1-2H3/b23-17+,26-15?. The fraction of sp³-hybridized carbons (Fsp3) is 0.292. The molecule has 0 spiro atoms. The van der Waals surface area contributed by atoms with Gasteiger partial charge in [0.25, 0.3) is 5.91 Å². The van der Waals surface area contributed by atoms with Crippen molar-refractivity contribution in [2.75, 3.05) is 13.1 Å². The number of benzene rings is 2. The zero-order valence-corrected chi connectivity index (χ0v) is 16.9. The predicted octanol–water partition coefficient (Wildman–Crippen LogP) is 4.23. The Hall–Kier alpha value is -3.39. The molecule has 5 nitrogen and oxygen atoms in total. The Bertz CT molecular complexity index is 987. The van der Waals surface area contributed by atoms with Gasteiger partial charge < -0.3 is 16.0 Å². The molecule has 3 N–H and O–H groups in total. The van der Waals surface area contributed by atoms with Gasteiger partial charge in [0.2, 0.25) is 0 Å². The lowest BCUT2D eigenvalue weighted by Gasteiger charge is -2.32. The summed E-state index contributed by atoms with van der Waals surface area (Å²) >= 11 is 0. The molecule has 0 aliphatic carbocycles. The minimum absolute atomic E-state index is 0.0172. The Labute approximate surface area is 172 Å². The SMILES string of the molecule is C/C(N)=C(/C=N)c1cc(C(=O)N2CCC(c3ccc(C#N)cc3)CC2)ccc1C. The van der Waals surface area contributed by atoms with Crippen LogP contribution >= 0.6 is 0 Å². The molecule has 29 heavy (non-hydrogen) atoms. The van der Waals surface area contributed by atoms with Crippen molar-refractivity contribution in [3.63, 3.8) is 0 Å². The van der Waals surface area contributed by atoms with Crippen LogP contribution in [0.5, 0.6) is 0 Å². The van der Waals surface area contributed by atoms with Crippen molar-refractivity contribution in [1.29, 1.82) is 10.7 Å². The largest absolute Gasteiger partial charge is 0.402 e. The molecule has 0 aromatic heterocycles. The van der Waals surface area contributed by atoms with Crippen LogP contribution in [0.4, 0.5) is 0 Å². The zero-order chi connectivity index (χ0) is 21.0. The number of amides is 1. The molecular formula is C24H26N4O. The first kappa shape index (κ1) is 20.3. The number of nitriles is 1. The molecule has 1 heterocycles. The number of nitrogens with one attached hydrogen (secondary N) is 1. The Morgan fingerprint density at radius 3 is 2.41 bits per heavy atom. The number of hydrogen-bond donors (Lipinski definition) is 2. The third-order valence-electron chi connectivity index (χ3n) is 5.64. The summed E-state index contributed by atoms with van der Waals surface area (Å²) in [4.78, 5) is 15.0. The molecule has 1 aliphatic rings. The molecule has 1 amide bonds. The van der Waals surface area contributed by atoms with Crippen LogP contribution in [-0.2, 0) is 0 Å². The Morgan fingerprint density at radius 2 is 1.86 bits per heavy atom. The van der Waals surface area contributed by atoms with Crippen molar-refractivity contribution in [2.24, 2.45) is 5.73 Å². The Morgan fingerprint density at radius 1 is 1.21 bits per heavy atom. The number of carbonyl (C=O) groups excluding carboxylic acids is 1. The molecule has 148 valence electrons. The van der Waals surface area contributed by atoms with Crippen LogP contribution in [0.3, 0.4) is 0 Å². The number of nitrogens with two attached hydrogens (primary N) is 1. The van der Waals surface area contributed by atoms with Gasteiger partial charge in [-0.15, -0.1) is 0 Å². The molecule has 1 fully saturated rings. The molecule has 3 rings (SSSR count). The number of hydrogen-bond acceptors (Lipinski definition) is 4. The lowest BCUT2D eigenvalue weighted by atomic mass is 9.88. The van der Waals surface area contributed by atoms with Crippen molar-refractivity contribution in [1.82, 2.24) is 4.90 Å². The minimum Gasteiger partial charge on any atom is -0.402 e. The van der Waals surface area contributed by atoms with E-state index in [2.05, 4.69) is 6.07 Å². The maximum atomic E-state index is 13.1. The zero-order valence-electron chi connectivity index (χ0n) is 16.9. The molecule has 0 saturated carbocycles. The fourth-order valence-electron chi connectivity index (χ4n) is 3.88. The van der Waals surface area contributed by atoms with E-state index in [-0.39, 0.29) is 5.91 Å². The van der Waals surface area contributed by atoms with Crippen LogP contribution in [0.1, 0.15) is 58.3 Å². The summed E-state index contributed by atoms with van der Waals surface area (Å²) < 4.78 is 0. The number of aryl methyl sites for hydroxylation is 1. The third-order valence-corrected chi connectivity index (χ3v) is 5.64. The highest BCUT2D eigenvalue weighted by molar-refractivity contribution is 6.10. The normalized spacial score (nSPS) is 15.4. The van der Waals surface area contributed by atoms with Crippen molar-refractivity contribution in [3.8, 4) is 6.07 Å². The summed E-state index contributed by atoms with van der Waals surface area (Å²) in [6.45, 7) is 5.13. The Kier molecular flexibility index (Phi) is 6.13. The molecule has 0 bridgehead atoms. The Balaban J connectivity index is 1.73. The van der Waals surface area contributed by atoms with Gasteiger partial charge in [-0.2, -0.15) is 5.26 Å². The molecule has 0 radical (unpaired) electrons. The molecule has 2 aromatic carbocycles. The number of piperidine rings is 1. The van der Waals surface area contributed by atoms with Crippen molar-refractivity contribution >= 4 is 17.7 Å². The van der Waals surface area contributed by atoms with Gasteiger partial charge in [-0.3, -0.25) is 4.79 Å². The van der Waals surface area contributed by atoms with Crippen LogP contribution < -0.4 is 5.73 Å². The summed E-state index contributed by atoms with van der Waals surface area (Å²) in [5.41, 5.74) is 11.5. The van der Waals surface area contributed by atoms with Gasteiger partial charge in [0.15, 0.2) is 0 Å². The molecule has 0 unspecified atom stereocenters. The van der Waals surface area contributed by atoms with E-state index in [0.29, 0.717) is 41.4 Å². The minimum atomic E-state index is 0.0172. The van der Waals surface area contributed by atoms with E-state index in [1.807, 2.05) is 54.3 Å². The first-order chi connectivity index (χ1) is 13.9. The number of carbonyl (C=O) groups is 1. The molecule has 0 atom stereocenters. The molecule has 2 aromatic rings. The van der Waals surface area contributed by atoms with Crippen molar-refractivity contribution < 1.29 is 4.79 Å². The van der Waals surface area contributed by atoms with E-state index in [1.54, 1.807) is 6.92 Å². The highest BCUT2D eigenvalue weighted by Gasteiger charge is 2.25. The fourth-order valence-corrected chi connectivity index (χ4v) is 3.88. The van der Waals surface area contributed by atoms with Gasteiger partial charge in [-0.1, -0.05) is 18.2 Å². The molecular weight excluding hydrogens is 360 g/mol. The van der Waals surface area contributed by atoms with Gasteiger partial charge >= 0.3 is 0 Å². The van der Waals surface area contributed by atoms with E-state index in [0.717, 1.165) is 24.0 Å². The monoisotopic (exact) mass is 386 g/mol. The van der Waals surface area contributed by atoms with Gasteiger partial charge in [0, 0.05) is 36.1 Å². The highest BCUT2D eigenvalue weighted by atomic mass is 16.2. The summed E-state index contributed by atoms with van der Waals surface area (Å²) in [7, 11) is 0. The summed E-state index contributed by atoms with van der Waals surface area (Å²) in [6.07, 6.45) is 3.06. The van der Waals surface area contributed by atoms with Gasteiger partial charge in [0.05, 0.1) is 11.6 Å². The highest BCUT2D eigenvalue weighted by Crippen LogP contribution is 2.29. The average Bonchev–Trinajstić information content (AvgIpc) is 2.75. The van der Waals surface area contributed by atoms with E-state index < -0.39 is 0 Å². The summed E-state index contributed by atoms with van der Waals surface area (Å²) in [6, 6.07) is 15.5. The topological polar surface area (TPSA) is 94.0 Å². The van der Waals surface area contributed by atoms with Gasteiger partial charge in [0.1, 0.15) is 0 Å². The number of likely N-dealkylation sites (tertiary alicyclic amines) is 1. The summed E-state index contributed by atoms with van der Waals surface area (Å²) in [5, 5.41) is 16.6. The van der Waals surface area contributed by atoms with Crippen LogP contribution in [-0.4, -0.2) is 30.1 Å². The number of rotatable bonds is 4. The molecule has 1 aliphatic heterocycles. The smallest absolute Gasteiger partial charge is 0.253 e. The maximum absolute atomic E-state index is 13.1. The predicted molar refractivity (Wildman–Crippen MR) is 116 cm³/mol. The average molecular weight is 386 g/mol. The van der Waals surface area contributed by atoms with Crippen LogP contribution in [0.2, 0.25) is 0 Å². The number of allylic oxidation sites excluding steroid dienone is 2. The van der Waals surface area contributed by atoms with Gasteiger partial charge in [-0.05, 0) is 73.6 Å².